The van der Waals surface area contributed by atoms with E-state index in [-0.39, 0.29) is 11.7 Å². The molecule has 5 heteroatoms. The van der Waals surface area contributed by atoms with Gasteiger partial charge in [-0.15, -0.1) is 0 Å². The molecule has 0 aliphatic carbocycles. The highest BCUT2D eigenvalue weighted by molar-refractivity contribution is 5.87. The molecule has 21 heavy (non-hydrogen) atoms. The Morgan fingerprint density at radius 1 is 1.43 bits per heavy atom. The van der Waals surface area contributed by atoms with E-state index in [9.17, 15) is 4.79 Å². The number of rotatable bonds is 5. The number of oxazole rings is 1. The van der Waals surface area contributed by atoms with Gasteiger partial charge in [0.25, 0.3) is 6.01 Å². The molecule has 0 saturated heterocycles. The fourth-order valence-corrected chi connectivity index (χ4v) is 2.08. The summed E-state index contributed by atoms with van der Waals surface area (Å²) in [6.45, 7) is 8.33. The van der Waals surface area contributed by atoms with Crippen LogP contribution in [0.5, 0.6) is 0 Å². The lowest BCUT2D eigenvalue weighted by Gasteiger charge is -2.15. The van der Waals surface area contributed by atoms with Gasteiger partial charge in [0.1, 0.15) is 6.26 Å². The lowest BCUT2D eigenvalue weighted by atomic mass is 9.98. The van der Waals surface area contributed by atoms with Crippen LogP contribution in [0.25, 0.3) is 0 Å². The molecule has 0 spiro atoms. The lowest BCUT2D eigenvalue weighted by molar-refractivity contribution is 0.0519. The first kappa shape index (κ1) is 15.1. The van der Waals surface area contributed by atoms with Crippen LogP contribution in [0.15, 0.2) is 28.9 Å². The summed E-state index contributed by atoms with van der Waals surface area (Å²) >= 11 is 0. The summed E-state index contributed by atoms with van der Waals surface area (Å²) < 4.78 is 10.2. The smallest absolute Gasteiger partial charge is 0.360 e. The quantitative estimate of drug-likeness (QED) is 0.842. The van der Waals surface area contributed by atoms with Crippen molar-refractivity contribution in [2.45, 2.75) is 33.6 Å². The summed E-state index contributed by atoms with van der Waals surface area (Å²) in [6, 6.07) is 6.39. The van der Waals surface area contributed by atoms with Gasteiger partial charge in [0.15, 0.2) is 5.69 Å². The minimum Gasteiger partial charge on any atom is -0.461 e. The van der Waals surface area contributed by atoms with Gasteiger partial charge in [-0.05, 0) is 30.9 Å². The number of aromatic nitrogens is 1. The molecule has 1 N–H and O–H groups in total. The highest BCUT2D eigenvalue weighted by atomic mass is 16.5. The molecule has 1 heterocycles. The van der Waals surface area contributed by atoms with E-state index in [0.29, 0.717) is 12.5 Å². The molecule has 0 bridgehead atoms. The maximum atomic E-state index is 11.6. The van der Waals surface area contributed by atoms with Gasteiger partial charge < -0.3 is 14.5 Å². The number of anilines is 2. The molecule has 5 nitrogen and oxygen atoms in total. The number of carbonyl (C=O) groups excluding carboxylic acids is 1. The van der Waals surface area contributed by atoms with Gasteiger partial charge in [0.05, 0.1) is 6.61 Å². The Kier molecular flexibility index (Phi) is 4.62. The van der Waals surface area contributed by atoms with Gasteiger partial charge in [-0.1, -0.05) is 32.0 Å². The second-order valence-electron chi connectivity index (χ2n) is 5.08. The van der Waals surface area contributed by atoms with Crippen LogP contribution in [0.3, 0.4) is 0 Å². The Bertz CT molecular complexity index is 632. The number of ether oxygens (including phenoxy) is 1. The molecule has 2 rings (SSSR count). The molecule has 0 unspecified atom stereocenters. The Morgan fingerprint density at radius 2 is 2.19 bits per heavy atom. The van der Waals surface area contributed by atoms with Crippen molar-refractivity contribution in [1.82, 2.24) is 4.98 Å². The molecular weight excluding hydrogens is 268 g/mol. The number of hydrogen-bond acceptors (Lipinski definition) is 5. The SMILES string of the molecule is CCOC(=O)c1coc(Nc2c(C)cccc2C(C)C)n1. The number of carbonyl (C=O) groups is 1. The van der Waals surface area contributed by atoms with Gasteiger partial charge in [-0.25, -0.2) is 4.79 Å². The van der Waals surface area contributed by atoms with Crippen LogP contribution in [0, 0.1) is 6.92 Å². The molecule has 0 radical (unpaired) electrons. The van der Waals surface area contributed by atoms with Crippen LogP contribution in [-0.4, -0.2) is 17.6 Å². The summed E-state index contributed by atoms with van der Waals surface area (Å²) in [7, 11) is 0. The summed E-state index contributed by atoms with van der Waals surface area (Å²) in [6.07, 6.45) is 1.30. The number of nitrogens with one attached hydrogen (secondary N) is 1. The minimum atomic E-state index is -0.483. The highest BCUT2D eigenvalue weighted by Gasteiger charge is 2.15. The van der Waals surface area contributed by atoms with Crippen molar-refractivity contribution in [3.05, 3.63) is 41.3 Å². The van der Waals surface area contributed by atoms with Crippen molar-refractivity contribution in [1.29, 1.82) is 0 Å². The van der Waals surface area contributed by atoms with Gasteiger partial charge in [-0.3, -0.25) is 0 Å². The number of hydrogen-bond donors (Lipinski definition) is 1. The van der Waals surface area contributed by atoms with E-state index >= 15 is 0 Å². The third kappa shape index (κ3) is 3.42. The average Bonchev–Trinajstić information content (AvgIpc) is 2.90. The Balaban J connectivity index is 2.25. The van der Waals surface area contributed by atoms with Crippen LogP contribution in [0.4, 0.5) is 11.7 Å². The van der Waals surface area contributed by atoms with Crippen molar-refractivity contribution < 1.29 is 13.9 Å². The molecule has 2 aromatic rings. The van der Waals surface area contributed by atoms with Gasteiger partial charge in [-0.2, -0.15) is 4.98 Å². The summed E-state index contributed by atoms with van der Waals surface area (Å²) in [5, 5.41) is 3.15. The van der Waals surface area contributed by atoms with E-state index in [4.69, 9.17) is 9.15 Å². The predicted octanol–water partition coefficient (Wildman–Crippen LogP) is 4.03. The largest absolute Gasteiger partial charge is 0.461 e. The molecule has 0 saturated carbocycles. The molecule has 0 aliphatic rings. The average molecular weight is 288 g/mol. The lowest BCUT2D eigenvalue weighted by Crippen LogP contribution is -2.05. The second-order valence-corrected chi connectivity index (χ2v) is 5.08. The maximum absolute atomic E-state index is 11.6. The zero-order valence-corrected chi connectivity index (χ0v) is 12.8. The molecular formula is C16H20N2O3. The predicted molar refractivity (Wildman–Crippen MR) is 81.0 cm³/mol. The first-order valence-corrected chi connectivity index (χ1v) is 7.02. The van der Waals surface area contributed by atoms with Crippen molar-refractivity contribution >= 4 is 17.7 Å². The summed E-state index contributed by atoms with van der Waals surface area (Å²) in [5.74, 6) is -0.116. The van der Waals surface area contributed by atoms with Crippen LogP contribution < -0.4 is 5.32 Å². The normalized spacial score (nSPS) is 10.7. The van der Waals surface area contributed by atoms with E-state index in [1.807, 2.05) is 19.1 Å². The second kappa shape index (κ2) is 6.43. The van der Waals surface area contributed by atoms with Crippen LogP contribution >= 0.6 is 0 Å². The topological polar surface area (TPSA) is 64.4 Å². The standard InChI is InChI=1S/C16H20N2O3/c1-5-20-15(19)13-9-21-16(17-13)18-14-11(4)7-6-8-12(14)10(2)3/h6-10H,5H2,1-4H3,(H,17,18). The zero-order valence-electron chi connectivity index (χ0n) is 12.8. The fraction of sp³-hybridized carbons (Fsp3) is 0.375. The maximum Gasteiger partial charge on any atom is 0.360 e. The number of nitrogens with zero attached hydrogens (tertiary/aromatic N) is 1. The summed E-state index contributed by atoms with van der Waals surface area (Å²) in [4.78, 5) is 15.7. The minimum absolute atomic E-state index is 0.166. The van der Waals surface area contributed by atoms with E-state index in [1.165, 1.54) is 11.8 Å². The van der Waals surface area contributed by atoms with Crippen molar-refractivity contribution in [2.75, 3.05) is 11.9 Å². The molecule has 0 fully saturated rings. The zero-order chi connectivity index (χ0) is 15.4. The van der Waals surface area contributed by atoms with Crippen LogP contribution in [0.2, 0.25) is 0 Å². The van der Waals surface area contributed by atoms with E-state index in [2.05, 4.69) is 30.2 Å². The highest BCUT2D eigenvalue weighted by Crippen LogP contribution is 2.29. The third-order valence-corrected chi connectivity index (χ3v) is 3.15. The molecule has 1 aromatic heterocycles. The van der Waals surface area contributed by atoms with E-state index in [0.717, 1.165) is 11.3 Å². The Morgan fingerprint density at radius 3 is 2.86 bits per heavy atom. The molecule has 1 aromatic carbocycles. The Hall–Kier alpha value is -2.30. The number of benzene rings is 1. The van der Waals surface area contributed by atoms with Gasteiger partial charge >= 0.3 is 5.97 Å². The monoisotopic (exact) mass is 288 g/mol. The van der Waals surface area contributed by atoms with E-state index < -0.39 is 5.97 Å². The molecule has 0 aliphatic heterocycles. The third-order valence-electron chi connectivity index (χ3n) is 3.15. The van der Waals surface area contributed by atoms with Crippen LogP contribution in [0.1, 0.15) is 48.3 Å². The van der Waals surface area contributed by atoms with Crippen LogP contribution in [-0.2, 0) is 4.74 Å². The van der Waals surface area contributed by atoms with Crippen molar-refractivity contribution in [3.63, 3.8) is 0 Å². The van der Waals surface area contributed by atoms with E-state index in [1.54, 1.807) is 6.92 Å². The number of aryl methyl sites for hydroxylation is 1. The van der Waals surface area contributed by atoms with Gasteiger partial charge in [0, 0.05) is 5.69 Å². The number of esters is 1. The first-order valence-electron chi connectivity index (χ1n) is 7.02. The van der Waals surface area contributed by atoms with Crippen molar-refractivity contribution in [2.24, 2.45) is 0 Å². The Labute approximate surface area is 124 Å². The number of para-hydroxylation sites is 1. The summed E-state index contributed by atoms with van der Waals surface area (Å²) in [5.41, 5.74) is 3.40. The molecule has 0 amide bonds. The van der Waals surface area contributed by atoms with Crippen molar-refractivity contribution in [3.8, 4) is 0 Å². The molecule has 0 atom stereocenters. The van der Waals surface area contributed by atoms with Gasteiger partial charge in [0.2, 0.25) is 0 Å². The fourth-order valence-electron chi connectivity index (χ4n) is 2.08. The first-order chi connectivity index (χ1) is 10.0. The molecule has 112 valence electrons.